The molecule has 1 aliphatic heterocycles. The van der Waals surface area contributed by atoms with Gasteiger partial charge < -0.3 is 14.9 Å². The van der Waals surface area contributed by atoms with Crippen molar-refractivity contribution in [1.29, 1.82) is 0 Å². The average Bonchev–Trinajstić information content (AvgIpc) is 2.38. The third kappa shape index (κ3) is 2.95. The summed E-state index contributed by atoms with van der Waals surface area (Å²) in [4.78, 5) is 22.3. The molecule has 1 aromatic heterocycles. The van der Waals surface area contributed by atoms with Crippen LogP contribution in [-0.2, 0) is 0 Å². The molecule has 0 aromatic carbocycles. The van der Waals surface area contributed by atoms with Crippen LogP contribution in [0.3, 0.4) is 0 Å². The maximum absolute atomic E-state index is 12.8. The van der Waals surface area contributed by atoms with Gasteiger partial charge in [-0.2, -0.15) is 0 Å². The van der Waals surface area contributed by atoms with Gasteiger partial charge in [0.2, 0.25) is 5.95 Å². The molecule has 0 bridgehead atoms. The zero-order chi connectivity index (χ0) is 14.0. The number of carboxylic acid groups (broad SMARTS) is 1. The Balaban J connectivity index is 2.28. The van der Waals surface area contributed by atoms with Gasteiger partial charge in [0.15, 0.2) is 0 Å². The summed E-state index contributed by atoms with van der Waals surface area (Å²) >= 11 is 0. The minimum absolute atomic E-state index is 0.161. The van der Waals surface area contributed by atoms with Crippen molar-refractivity contribution < 1.29 is 18.7 Å². The van der Waals surface area contributed by atoms with Crippen molar-refractivity contribution in [2.75, 3.05) is 38.1 Å². The Kier molecular flexibility index (Phi) is 3.89. The van der Waals surface area contributed by atoms with Gasteiger partial charge in [0, 0.05) is 32.4 Å². The Morgan fingerprint density at radius 2 is 2.00 bits per heavy atom. The van der Waals surface area contributed by atoms with E-state index in [4.69, 9.17) is 5.11 Å². The molecule has 0 unspecified atom stereocenters. The molecule has 104 valence electrons. The number of carbonyl (C=O) groups is 1. The molecule has 0 aliphatic carbocycles. The van der Waals surface area contributed by atoms with Crippen LogP contribution in [0.5, 0.6) is 0 Å². The molecule has 1 aliphatic rings. The van der Waals surface area contributed by atoms with E-state index in [-0.39, 0.29) is 5.95 Å². The number of likely N-dealkylation sites (N-methyl/N-ethyl adjacent to an activating group) is 1. The highest BCUT2D eigenvalue weighted by Crippen LogP contribution is 2.23. The number of anilines is 1. The van der Waals surface area contributed by atoms with Crippen LogP contribution in [0.25, 0.3) is 0 Å². The first-order valence-electron chi connectivity index (χ1n) is 5.81. The zero-order valence-electron chi connectivity index (χ0n) is 10.4. The third-order valence-corrected chi connectivity index (χ3v) is 3.03. The molecule has 6 nitrogen and oxygen atoms in total. The first-order valence-corrected chi connectivity index (χ1v) is 5.81. The van der Waals surface area contributed by atoms with Gasteiger partial charge in [-0.25, -0.2) is 23.5 Å². The van der Waals surface area contributed by atoms with Crippen LogP contribution in [0.4, 0.5) is 14.7 Å². The molecule has 0 atom stereocenters. The van der Waals surface area contributed by atoms with E-state index in [0.717, 1.165) is 19.3 Å². The molecule has 2 heterocycles. The van der Waals surface area contributed by atoms with Crippen molar-refractivity contribution >= 4 is 11.9 Å². The van der Waals surface area contributed by atoms with Crippen molar-refractivity contribution in [1.82, 2.24) is 14.9 Å². The molecule has 0 spiro atoms. The largest absolute Gasteiger partial charge is 0.478 e. The van der Waals surface area contributed by atoms with E-state index in [1.165, 1.54) is 0 Å². The fourth-order valence-electron chi connectivity index (χ4n) is 1.88. The predicted molar refractivity (Wildman–Crippen MR) is 63.7 cm³/mol. The van der Waals surface area contributed by atoms with E-state index in [1.807, 2.05) is 7.05 Å². The quantitative estimate of drug-likeness (QED) is 0.880. The standard InChI is InChI=1S/C11H14F2N4O2/c1-16-2-4-17(5-3-16)11-14-6-7(10(18)19)8(15-11)9(12)13/h6,9H,2-5H2,1H3,(H,18,19). The molecule has 1 saturated heterocycles. The van der Waals surface area contributed by atoms with Gasteiger partial charge >= 0.3 is 5.97 Å². The molecule has 2 rings (SSSR count). The normalized spacial score (nSPS) is 16.9. The number of nitrogens with zero attached hydrogens (tertiary/aromatic N) is 4. The van der Waals surface area contributed by atoms with Crippen LogP contribution in [0.1, 0.15) is 22.5 Å². The second-order valence-corrected chi connectivity index (χ2v) is 4.37. The predicted octanol–water partition coefficient (Wildman–Crippen LogP) is 0.864. The van der Waals surface area contributed by atoms with Gasteiger partial charge in [0.05, 0.1) is 0 Å². The smallest absolute Gasteiger partial charge is 0.339 e. The summed E-state index contributed by atoms with van der Waals surface area (Å²) in [7, 11) is 1.97. The lowest BCUT2D eigenvalue weighted by atomic mass is 10.2. The van der Waals surface area contributed by atoms with Gasteiger partial charge in [0.25, 0.3) is 6.43 Å². The van der Waals surface area contributed by atoms with Crippen molar-refractivity contribution in [3.05, 3.63) is 17.5 Å². The number of rotatable bonds is 3. The summed E-state index contributed by atoms with van der Waals surface area (Å²) in [5, 5.41) is 8.82. The van der Waals surface area contributed by atoms with Crippen LogP contribution >= 0.6 is 0 Å². The molecule has 8 heteroatoms. The Bertz CT molecular complexity index is 476. The molecule has 1 aromatic rings. The fraction of sp³-hybridized carbons (Fsp3) is 0.545. The van der Waals surface area contributed by atoms with E-state index >= 15 is 0 Å². The highest BCUT2D eigenvalue weighted by atomic mass is 19.3. The summed E-state index contributed by atoms with van der Waals surface area (Å²) < 4.78 is 25.6. The summed E-state index contributed by atoms with van der Waals surface area (Å²) in [6.07, 6.45) is -1.98. The number of aromatic carboxylic acids is 1. The Morgan fingerprint density at radius 3 is 2.53 bits per heavy atom. The summed E-state index contributed by atoms with van der Waals surface area (Å²) in [5.41, 5.74) is -1.27. The number of aromatic nitrogens is 2. The number of piperazine rings is 1. The molecule has 1 N–H and O–H groups in total. The maximum atomic E-state index is 12.8. The highest BCUT2D eigenvalue weighted by molar-refractivity contribution is 5.88. The number of hydrogen-bond acceptors (Lipinski definition) is 5. The van der Waals surface area contributed by atoms with E-state index in [0.29, 0.717) is 13.1 Å². The summed E-state index contributed by atoms with van der Waals surface area (Å²) in [6, 6.07) is 0. The number of carboxylic acids is 1. The SMILES string of the molecule is CN1CCN(c2ncc(C(=O)O)c(C(F)F)n2)CC1. The third-order valence-electron chi connectivity index (χ3n) is 3.03. The number of halogens is 2. The molecular weight excluding hydrogens is 258 g/mol. The number of hydrogen-bond donors (Lipinski definition) is 1. The molecule has 1 fully saturated rings. The van der Waals surface area contributed by atoms with Crippen molar-refractivity contribution in [2.24, 2.45) is 0 Å². The van der Waals surface area contributed by atoms with Gasteiger partial charge in [-0.1, -0.05) is 0 Å². The lowest BCUT2D eigenvalue weighted by Gasteiger charge is -2.32. The van der Waals surface area contributed by atoms with Gasteiger partial charge in [-0.3, -0.25) is 0 Å². The van der Waals surface area contributed by atoms with E-state index < -0.39 is 23.7 Å². The first kappa shape index (κ1) is 13.6. The Morgan fingerprint density at radius 1 is 1.37 bits per heavy atom. The monoisotopic (exact) mass is 272 g/mol. The van der Waals surface area contributed by atoms with Crippen LogP contribution < -0.4 is 4.90 Å². The lowest BCUT2D eigenvalue weighted by molar-refractivity contribution is 0.0681. The molecular formula is C11H14F2N4O2. The molecule has 19 heavy (non-hydrogen) atoms. The minimum Gasteiger partial charge on any atom is -0.478 e. The highest BCUT2D eigenvalue weighted by Gasteiger charge is 2.24. The van der Waals surface area contributed by atoms with Crippen molar-refractivity contribution in [3.8, 4) is 0 Å². The van der Waals surface area contributed by atoms with Crippen LogP contribution in [-0.4, -0.2) is 59.2 Å². The Hall–Kier alpha value is -1.83. The van der Waals surface area contributed by atoms with Crippen LogP contribution in [0.2, 0.25) is 0 Å². The zero-order valence-corrected chi connectivity index (χ0v) is 10.4. The molecule has 0 amide bonds. The minimum atomic E-state index is -2.93. The van der Waals surface area contributed by atoms with Gasteiger partial charge in [-0.15, -0.1) is 0 Å². The van der Waals surface area contributed by atoms with E-state index in [9.17, 15) is 13.6 Å². The topological polar surface area (TPSA) is 69.6 Å². The summed E-state index contributed by atoms with van der Waals surface area (Å²) in [6.45, 7) is 2.83. The summed E-state index contributed by atoms with van der Waals surface area (Å²) in [5.74, 6) is -1.28. The van der Waals surface area contributed by atoms with E-state index in [2.05, 4.69) is 14.9 Å². The van der Waals surface area contributed by atoms with Crippen molar-refractivity contribution in [2.45, 2.75) is 6.43 Å². The van der Waals surface area contributed by atoms with E-state index in [1.54, 1.807) is 4.90 Å². The first-order chi connectivity index (χ1) is 8.99. The fourth-order valence-corrected chi connectivity index (χ4v) is 1.88. The number of alkyl halides is 2. The van der Waals surface area contributed by atoms with Gasteiger partial charge in [0.1, 0.15) is 11.3 Å². The maximum Gasteiger partial charge on any atom is 0.339 e. The Labute approximate surface area is 108 Å². The lowest BCUT2D eigenvalue weighted by Crippen LogP contribution is -2.45. The van der Waals surface area contributed by atoms with Crippen molar-refractivity contribution in [3.63, 3.8) is 0 Å². The second-order valence-electron chi connectivity index (χ2n) is 4.37. The molecule has 0 radical (unpaired) electrons. The van der Waals surface area contributed by atoms with Gasteiger partial charge in [-0.05, 0) is 7.05 Å². The average molecular weight is 272 g/mol. The molecule has 0 saturated carbocycles. The van der Waals surface area contributed by atoms with Crippen LogP contribution in [0, 0.1) is 0 Å². The van der Waals surface area contributed by atoms with Crippen LogP contribution in [0.15, 0.2) is 6.20 Å². The second kappa shape index (κ2) is 5.43.